The van der Waals surface area contributed by atoms with E-state index in [1.165, 1.54) is 4.31 Å². The molecule has 2 fully saturated rings. The number of carbonyl (C=O) groups excluding carboxylic acids is 1. The predicted octanol–water partition coefficient (Wildman–Crippen LogP) is -0.207. The van der Waals surface area contributed by atoms with Crippen molar-refractivity contribution >= 4 is 15.9 Å². The van der Waals surface area contributed by atoms with E-state index in [0.717, 1.165) is 0 Å². The summed E-state index contributed by atoms with van der Waals surface area (Å²) in [6.07, 6.45) is 0. The molecule has 26 heavy (non-hydrogen) atoms. The number of hydrogen-bond acceptors (Lipinski definition) is 6. The van der Waals surface area contributed by atoms with Gasteiger partial charge in [0, 0.05) is 38.3 Å². The van der Waals surface area contributed by atoms with E-state index < -0.39 is 15.3 Å². The van der Waals surface area contributed by atoms with Crippen LogP contribution in [-0.4, -0.2) is 73.6 Å². The summed E-state index contributed by atoms with van der Waals surface area (Å²) in [5, 5.41) is -0.508. The third-order valence-corrected chi connectivity index (χ3v) is 7.51. The molecule has 1 aromatic rings. The summed E-state index contributed by atoms with van der Waals surface area (Å²) in [4.78, 5) is 14.0. The highest BCUT2D eigenvalue weighted by Gasteiger charge is 2.44. The summed E-state index contributed by atoms with van der Waals surface area (Å²) in [7, 11) is -3.43. The Kier molecular flexibility index (Phi) is 5.81. The summed E-state index contributed by atoms with van der Waals surface area (Å²) < 4.78 is 32.8. The summed E-state index contributed by atoms with van der Waals surface area (Å²) in [5.41, 5.74) is 5.97. The lowest BCUT2D eigenvalue weighted by Gasteiger charge is -2.36. The van der Waals surface area contributed by atoms with Gasteiger partial charge >= 0.3 is 0 Å². The van der Waals surface area contributed by atoms with E-state index >= 15 is 0 Å². The zero-order chi connectivity index (χ0) is 18.7. The molecule has 3 rings (SSSR count). The van der Waals surface area contributed by atoms with Gasteiger partial charge in [-0.05, 0) is 26.0 Å². The maximum Gasteiger partial charge on any atom is 0.260 e. The van der Waals surface area contributed by atoms with E-state index in [4.69, 9.17) is 4.74 Å². The lowest BCUT2D eigenvalue weighted by molar-refractivity contribution is -0.134. The Morgan fingerprint density at radius 1 is 1.08 bits per heavy atom. The normalized spacial score (nSPS) is 27.5. The minimum absolute atomic E-state index is 0.0404. The molecule has 2 heterocycles. The number of rotatable bonds is 5. The molecule has 0 bridgehead atoms. The van der Waals surface area contributed by atoms with Gasteiger partial charge in [0.05, 0.1) is 0 Å². The van der Waals surface area contributed by atoms with Gasteiger partial charge in [0.25, 0.3) is 5.91 Å². The standard InChI is InChI=1S/C17H26N4O4S/c1-13-17(14(2)19-18-13)26(23,24)21-10-8-20(9-11-21)16(22)12-25-15-6-4-3-5-7-15/h3-7,13-14,17-19H,8-12H2,1-2H3. The molecule has 2 aliphatic rings. The number of hydrazine groups is 1. The van der Waals surface area contributed by atoms with E-state index in [-0.39, 0.29) is 24.6 Å². The van der Waals surface area contributed by atoms with Crippen LogP contribution in [0.1, 0.15) is 13.8 Å². The number of para-hydroxylation sites is 1. The van der Waals surface area contributed by atoms with Gasteiger partial charge in [-0.3, -0.25) is 15.6 Å². The Morgan fingerprint density at radius 3 is 2.23 bits per heavy atom. The molecular formula is C17H26N4O4S. The van der Waals surface area contributed by atoms with Gasteiger partial charge in [-0.25, -0.2) is 8.42 Å². The highest BCUT2D eigenvalue weighted by molar-refractivity contribution is 7.89. The molecule has 2 unspecified atom stereocenters. The molecule has 0 aromatic heterocycles. The van der Waals surface area contributed by atoms with E-state index in [2.05, 4.69) is 10.9 Å². The maximum absolute atomic E-state index is 12.9. The van der Waals surface area contributed by atoms with Crippen molar-refractivity contribution in [3.05, 3.63) is 30.3 Å². The van der Waals surface area contributed by atoms with Crippen LogP contribution in [0.25, 0.3) is 0 Å². The molecule has 2 N–H and O–H groups in total. The zero-order valence-corrected chi connectivity index (χ0v) is 15.9. The van der Waals surface area contributed by atoms with Crippen LogP contribution < -0.4 is 15.6 Å². The molecule has 0 radical (unpaired) electrons. The van der Waals surface area contributed by atoms with E-state index in [1.54, 1.807) is 17.0 Å². The first-order chi connectivity index (χ1) is 12.4. The molecule has 2 saturated heterocycles. The number of ether oxygens (including phenoxy) is 1. The lowest BCUT2D eigenvalue weighted by Crippen LogP contribution is -2.55. The molecule has 144 valence electrons. The molecule has 0 spiro atoms. The van der Waals surface area contributed by atoms with Crippen molar-refractivity contribution in [2.75, 3.05) is 32.8 Å². The van der Waals surface area contributed by atoms with Crippen molar-refractivity contribution in [2.45, 2.75) is 31.2 Å². The van der Waals surface area contributed by atoms with Gasteiger partial charge in [-0.1, -0.05) is 18.2 Å². The highest BCUT2D eigenvalue weighted by Crippen LogP contribution is 2.21. The van der Waals surface area contributed by atoms with Crippen molar-refractivity contribution in [3.8, 4) is 5.75 Å². The molecule has 9 heteroatoms. The molecule has 2 aliphatic heterocycles. The molecule has 1 aromatic carbocycles. The van der Waals surface area contributed by atoms with Gasteiger partial charge in [0.2, 0.25) is 10.0 Å². The Labute approximate surface area is 154 Å². The van der Waals surface area contributed by atoms with Gasteiger partial charge < -0.3 is 9.64 Å². The average Bonchev–Trinajstić information content (AvgIpc) is 2.99. The van der Waals surface area contributed by atoms with Crippen LogP contribution in [0.4, 0.5) is 0 Å². The van der Waals surface area contributed by atoms with Crippen LogP contribution in [0.5, 0.6) is 5.75 Å². The molecule has 0 saturated carbocycles. The maximum atomic E-state index is 12.9. The van der Waals surface area contributed by atoms with Crippen molar-refractivity contribution in [1.82, 2.24) is 20.1 Å². The quantitative estimate of drug-likeness (QED) is 0.733. The number of nitrogens with one attached hydrogen (secondary N) is 2. The molecular weight excluding hydrogens is 356 g/mol. The van der Waals surface area contributed by atoms with Crippen LogP contribution >= 0.6 is 0 Å². The number of benzene rings is 1. The van der Waals surface area contributed by atoms with Crippen molar-refractivity contribution < 1.29 is 17.9 Å². The number of nitrogens with zero attached hydrogens (tertiary/aromatic N) is 2. The van der Waals surface area contributed by atoms with Crippen molar-refractivity contribution in [1.29, 1.82) is 0 Å². The Balaban J connectivity index is 1.53. The fourth-order valence-corrected chi connectivity index (χ4v) is 5.68. The minimum atomic E-state index is -3.43. The Hall–Kier alpha value is -1.68. The zero-order valence-electron chi connectivity index (χ0n) is 15.1. The minimum Gasteiger partial charge on any atom is -0.484 e. The second kappa shape index (κ2) is 7.91. The molecule has 8 nitrogen and oxygen atoms in total. The lowest BCUT2D eigenvalue weighted by atomic mass is 10.2. The van der Waals surface area contributed by atoms with Crippen molar-refractivity contribution in [2.24, 2.45) is 0 Å². The topological polar surface area (TPSA) is 91.0 Å². The number of hydrogen-bond donors (Lipinski definition) is 2. The third-order valence-electron chi connectivity index (χ3n) is 4.92. The second-order valence-electron chi connectivity index (χ2n) is 6.76. The molecule has 0 aliphatic carbocycles. The summed E-state index contributed by atoms with van der Waals surface area (Å²) in [5.74, 6) is 0.517. The van der Waals surface area contributed by atoms with Gasteiger partial charge in [-0.15, -0.1) is 0 Å². The number of piperazine rings is 1. The number of carbonyl (C=O) groups is 1. The van der Waals surface area contributed by atoms with Crippen LogP contribution in [0.15, 0.2) is 30.3 Å². The van der Waals surface area contributed by atoms with Gasteiger partial charge in [0.15, 0.2) is 6.61 Å². The van der Waals surface area contributed by atoms with E-state index in [1.807, 2.05) is 32.0 Å². The molecule has 1 amide bonds. The van der Waals surface area contributed by atoms with Crippen LogP contribution in [0, 0.1) is 0 Å². The summed E-state index contributed by atoms with van der Waals surface area (Å²) in [6, 6.07) is 8.85. The first-order valence-corrected chi connectivity index (χ1v) is 10.4. The molecule has 2 atom stereocenters. The summed E-state index contributed by atoms with van der Waals surface area (Å²) >= 11 is 0. The smallest absolute Gasteiger partial charge is 0.260 e. The number of amides is 1. The van der Waals surface area contributed by atoms with Gasteiger partial charge in [-0.2, -0.15) is 4.31 Å². The van der Waals surface area contributed by atoms with E-state index in [9.17, 15) is 13.2 Å². The van der Waals surface area contributed by atoms with Crippen molar-refractivity contribution in [3.63, 3.8) is 0 Å². The highest BCUT2D eigenvalue weighted by atomic mass is 32.2. The third kappa shape index (κ3) is 4.01. The Morgan fingerprint density at radius 2 is 1.65 bits per heavy atom. The second-order valence-corrected chi connectivity index (χ2v) is 8.85. The number of sulfonamides is 1. The van der Waals surface area contributed by atoms with Gasteiger partial charge in [0.1, 0.15) is 11.0 Å². The largest absolute Gasteiger partial charge is 0.484 e. The fourth-order valence-electron chi connectivity index (χ4n) is 3.49. The average molecular weight is 382 g/mol. The first kappa shape index (κ1) is 19.1. The van der Waals surface area contributed by atoms with Crippen LogP contribution in [-0.2, 0) is 14.8 Å². The SMILES string of the molecule is CC1NNC(C)C1S(=O)(=O)N1CCN(C(=O)COc2ccccc2)CC1. The summed E-state index contributed by atoms with van der Waals surface area (Å²) in [6.45, 7) is 5.07. The fraction of sp³-hybridized carbons (Fsp3) is 0.588. The predicted molar refractivity (Wildman–Crippen MR) is 98.0 cm³/mol. The van der Waals surface area contributed by atoms with Crippen LogP contribution in [0.2, 0.25) is 0 Å². The monoisotopic (exact) mass is 382 g/mol. The Bertz CT molecular complexity index is 710. The van der Waals surface area contributed by atoms with Crippen LogP contribution in [0.3, 0.4) is 0 Å². The van der Waals surface area contributed by atoms with E-state index in [0.29, 0.717) is 31.9 Å². The first-order valence-electron chi connectivity index (χ1n) is 8.85.